The molecule has 0 heterocycles. The van der Waals surface area contributed by atoms with Crippen molar-refractivity contribution in [2.24, 2.45) is 4.99 Å². The number of nitrogens with one attached hydrogen (secondary N) is 4. The summed E-state index contributed by atoms with van der Waals surface area (Å²) >= 11 is 1.95. The summed E-state index contributed by atoms with van der Waals surface area (Å²) in [6.07, 6.45) is 2.44. The van der Waals surface area contributed by atoms with E-state index in [1.54, 1.807) is 7.05 Å². The average Bonchev–Trinajstić information content (AvgIpc) is 3.49. The molecule has 1 aliphatic rings. The molecule has 0 spiro atoms. The minimum Gasteiger partial charge on any atom is -0.355 e. The standard InChI is InChI=1S/C23H31N5OS/c1-17(2)27-22(29)28-19-11-9-18(10-12-19)15-25-21(24-3)26-16-23(13-14-23)30-20-7-5-4-6-8-20/h4-12,17H,13-16H2,1-3H3,(H2,24,25,26)(H2,27,28,29). The van der Waals surface area contributed by atoms with Gasteiger partial charge in [-0.25, -0.2) is 4.79 Å². The van der Waals surface area contributed by atoms with E-state index >= 15 is 0 Å². The lowest BCUT2D eigenvalue weighted by Gasteiger charge is -2.18. The fourth-order valence-electron chi connectivity index (χ4n) is 2.98. The molecule has 0 atom stereocenters. The quantitative estimate of drug-likeness (QED) is 0.377. The van der Waals surface area contributed by atoms with Crippen molar-refractivity contribution in [3.63, 3.8) is 0 Å². The van der Waals surface area contributed by atoms with Gasteiger partial charge in [0, 0.05) is 41.5 Å². The fourth-order valence-corrected chi connectivity index (χ4v) is 4.22. The molecule has 2 amide bonds. The zero-order chi connectivity index (χ0) is 21.4. The van der Waals surface area contributed by atoms with E-state index in [1.165, 1.54) is 17.7 Å². The summed E-state index contributed by atoms with van der Waals surface area (Å²) in [6.45, 7) is 5.42. The van der Waals surface area contributed by atoms with E-state index in [1.807, 2.05) is 49.9 Å². The number of guanidine groups is 1. The number of carbonyl (C=O) groups is 1. The maximum Gasteiger partial charge on any atom is 0.319 e. The van der Waals surface area contributed by atoms with Crippen molar-refractivity contribution in [3.05, 3.63) is 60.2 Å². The molecule has 0 unspecified atom stereocenters. The van der Waals surface area contributed by atoms with Gasteiger partial charge >= 0.3 is 6.03 Å². The maximum atomic E-state index is 11.8. The number of nitrogens with zero attached hydrogens (tertiary/aromatic N) is 1. The molecule has 3 rings (SSSR count). The maximum absolute atomic E-state index is 11.8. The molecule has 0 saturated heterocycles. The first-order chi connectivity index (χ1) is 14.5. The highest BCUT2D eigenvalue weighted by Gasteiger charge is 2.43. The second-order valence-electron chi connectivity index (χ2n) is 7.83. The van der Waals surface area contributed by atoms with Gasteiger partial charge in [-0.3, -0.25) is 4.99 Å². The Morgan fingerprint density at radius 1 is 1.07 bits per heavy atom. The molecule has 0 aromatic heterocycles. The predicted octanol–water partition coefficient (Wildman–Crippen LogP) is 4.21. The fraction of sp³-hybridized carbons (Fsp3) is 0.391. The van der Waals surface area contributed by atoms with Gasteiger partial charge in [-0.1, -0.05) is 30.3 Å². The second-order valence-corrected chi connectivity index (χ2v) is 9.37. The topological polar surface area (TPSA) is 77.5 Å². The molecule has 4 N–H and O–H groups in total. The first-order valence-electron chi connectivity index (χ1n) is 10.3. The van der Waals surface area contributed by atoms with Gasteiger partial charge in [-0.2, -0.15) is 0 Å². The van der Waals surface area contributed by atoms with Crippen molar-refractivity contribution in [1.82, 2.24) is 16.0 Å². The summed E-state index contributed by atoms with van der Waals surface area (Å²) in [7, 11) is 1.79. The third-order valence-electron chi connectivity index (χ3n) is 4.78. The van der Waals surface area contributed by atoms with Gasteiger partial charge in [-0.05, 0) is 56.5 Å². The van der Waals surface area contributed by atoms with E-state index in [-0.39, 0.29) is 16.8 Å². The van der Waals surface area contributed by atoms with E-state index < -0.39 is 0 Å². The number of anilines is 1. The molecule has 1 saturated carbocycles. The van der Waals surface area contributed by atoms with Crippen LogP contribution in [0.15, 0.2) is 64.5 Å². The third kappa shape index (κ3) is 6.99. The largest absolute Gasteiger partial charge is 0.355 e. The predicted molar refractivity (Wildman–Crippen MR) is 126 cm³/mol. The first kappa shape index (κ1) is 22.0. The number of hydrogen-bond acceptors (Lipinski definition) is 3. The smallest absolute Gasteiger partial charge is 0.319 e. The zero-order valence-corrected chi connectivity index (χ0v) is 18.7. The summed E-state index contributed by atoms with van der Waals surface area (Å²) in [5, 5.41) is 12.5. The monoisotopic (exact) mass is 425 g/mol. The Hall–Kier alpha value is -2.67. The van der Waals surface area contributed by atoms with Crippen LogP contribution in [0, 0.1) is 0 Å². The van der Waals surface area contributed by atoms with Gasteiger partial charge < -0.3 is 21.3 Å². The lowest BCUT2D eigenvalue weighted by atomic mass is 10.2. The normalized spacial score (nSPS) is 14.9. The molecule has 1 fully saturated rings. The Morgan fingerprint density at radius 2 is 1.77 bits per heavy atom. The minimum atomic E-state index is -0.192. The molecule has 0 radical (unpaired) electrons. The summed E-state index contributed by atoms with van der Waals surface area (Å²) < 4.78 is 0.267. The Kier molecular flexibility index (Phi) is 7.63. The number of hydrogen-bond donors (Lipinski definition) is 4. The molecular formula is C23H31N5OS. The molecule has 7 heteroatoms. The number of carbonyl (C=O) groups excluding carboxylic acids is 1. The molecule has 0 bridgehead atoms. The molecule has 0 aliphatic heterocycles. The van der Waals surface area contributed by atoms with Crippen molar-refractivity contribution in [3.8, 4) is 0 Å². The third-order valence-corrected chi connectivity index (χ3v) is 6.27. The van der Waals surface area contributed by atoms with Crippen molar-refractivity contribution >= 4 is 29.4 Å². The molecule has 2 aromatic carbocycles. The Bertz CT molecular complexity index is 848. The average molecular weight is 426 g/mol. The Balaban J connectivity index is 1.43. The van der Waals surface area contributed by atoms with Crippen LogP contribution >= 0.6 is 11.8 Å². The van der Waals surface area contributed by atoms with Crippen LogP contribution in [-0.4, -0.2) is 36.4 Å². The van der Waals surface area contributed by atoms with Crippen LogP contribution in [0.3, 0.4) is 0 Å². The number of thioether (sulfide) groups is 1. The lowest BCUT2D eigenvalue weighted by Crippen LogP contribution is -2.40. The Morgan fingerprint density at radius 3 is 2.37 bits per heavy atom. The van der Waals surface area contributed by atoms with Gasteiger partial charge in [0.25, 0.3) is 0 Å². The van der Waals surface area contributed by atoms with Gasteiger partial charge in [-0.15, -0.1) is 11.8 Å². The van der Waals surface area contributed by atoms with Crippen LogP contribution in [0.1, 0.15) is 32.3 Å². The lowest BCUT2D eigenvalue weighted by molar-refractivity contribution is 0.250. The van der Waals surface area contributed by atoms with Crippen molar-refractivity contribution in [2.75, 3.05) is 18.9 Å². The van der Waals surface area contributed by atoms with Crippen molar-refractivity contribution < 1.29 is 4.79 Å². The summed E-state index contributed by atoms with van der Waals surface area (Å²) in [5.41, 5.74) is 1.89. The number of amides is 2. The molecule has 30 heavy (non-hydrogen) atoms. The van der Waals surface area contributed by atoms with Gasteiger partial charge in [0.05, 0.1) is 0 Å². The van der Waals surface area contributed by atoms with Crippen LogP contribution in [0.25, 0.3) is 0 Å². The van der Waals surface area contributed by atoms with Crippen LogP contribution < -0.4 is 21.3 Å². The highest BCUT2D eigenvalue weighted by molar-refractivity contribution is 8.01. The van der Waals surface area contributed by atoms with Crippen LogP contribution in [0.2, 0.25) is 0 Å². The minimum absolute atomic E-state index is 0.105. The Labute approximate surface area is 183 Å². The van der Waals surface area contributed by atoms with Crippen molar-refractivity contribution in [1.29, 1.82) is 0 Å². The molecule has 160 valence electrons. The first-order valence-corrected chi connectivity index (χ1v) is 11.1. The van der Waals surface area contributed by atoms with Crippen LogP contribution in [-0.2, 0) is 6.54 Å². The highest BCUT2D eigenvalue weighted by atomic mass is 32.2. The van der Waals surface area contributed by atoms with Gasteiger partial charge in [0.1, 0.15) is 0 Å². The number of aliphatic imine (C=N–C) groups is 1. The van der Waals surface area contributed by atoms with Crippen LogP contribution in [0.5, 0.6) is 0 Å². The molecule has 1 aliphatic carbocycles. The molecule has 2 aromatic rings. The highest BCUT2D eigenvalue weighted by Crippen LogP contribution is 2.51. The number of urea groups is 1. The van der Waals surface area contributed by atoms with E-state index in [0.717, 1.165) is 23.8 Å². The van der Waals surface area contributed by atoms with E-state index in [2.05, 4.69) is 56.6 Å². The van der Waals surface area contributed by atoms with E-state index in [9.17, 15) is 4.79 Å². The van der Waals surface area contributed by atoms with Gasteiger partial charge in [0.15, 0.2) is 5.96 Å². The number of rotatable bonds is 8. The summed E-state index contributed by atoms with van der Waals surface area (Å²) in [5.74, 6) is 0.799. The molecular weight excluding hydrogens is 394 g/mol. The second kappa shape index (κ2) is 10.4. The summed E-state index contributed by atoms with van der Waals surface area (Å²) in [4.78, 5) is 17.4. The van der Waals surface area contributed by atoms with E-state index in [0.29, 0.717) is 6.54 Å². The van der Waals surface area contributed by atoms with E-state index in [4.69, 9.17) is 0 Å². The van der Waals surface area contributed by atoms with Crippen molar-refractivity contribution in [2.45, 2.75) is 48.9 Å². The number of benzene rings is 2. The van der Waals surface area contributed by atoms with Crippen LogP contribution in [0.4, 0.5) is 10.5 Å². The summed E-state index contributed by atoms with van der Waals surface area (Å²) in [6, 6.07) is 18.3. The van der Waals surface area contributed by atoms with Gasteiger partial charge in [0.2, 0.25) is 0 Å². The SMILES string of the molecule is CN=C(NCc1ccc(NC(=O)NC(C)C)cc1)NCC1(Sc2ccccc2)CC1. The molecule has 6 nitrogen and oxygen atoms in total. The zero-order valence-electron chi connectivity index (χ0n) is 17.9.